The molecule has 0 saturated heterocycles. The first-order chi connectivity index (χ1) is 9.99. The topological polar surface area (TPSA) is 80.4 Å². The molecule has 0 aromatic rings. The number of aliphatic hydroxyl groups is 1. The van der Waals surface area contributed by atoms with Crippen molar-refractivity contribution in [1.29, 1.82) is 0 Å². The standard InChI is InChI=1S/C16H29NO4/c1-14(18)11-13-16(17(20)21)12-9-7-5-3-2-4-6-8-10-15(16)19/h14,18H,2-13H2,1H3. The van der Waals surface area contributed by atoms with Gasteiger partial charge in [-0.1, -0.05) is 38.5 Å². The van der Waals surface area contributed by atoms with Crippen molar-refractivity contribution >= 4 is 5.78 Å². The molecule has 1 saturated carbocycles. The van der Waals surface area contributed by atoms with Gasteiger partial charge in [-0.15, -0.1) is 0 Å². The van der Waals surface area contributed by atoms with E-state index in [1.807, 2.05) is 0 Å². The van der Waals surface area contributed by atoms with Gasteiger partial charge in [0.15, 0.2) is 0 Å². The average molecular weight is 299 g/mol. The van der Waals surface area contributed by atoms with Crippen LogP contribution in [0.4, 0.5) is 0 Å². The number of Topliss-reactive ketones (excluding diaryl/α,β-unsaturated/α-hetero) is 1. The number of hydrogen-bond donors (Lipinski definition) is 1. The number of carbonyl (C=O) groups excluding carboxylic acids is 1. The van der Waals surface area contributed by atoms with E-state index in [1.165, 1.54) is 12.8 Å². The van der Waals surface area contributed by atoms with E-state index in [2.05, 4.69) is 0 Å². The van der Waals surface area contributed by atoms with Crippen LogP contribution in [0.5, 0.6) is 0 Å². The summed E-state index contributed by atoms with van der Waals surface area (Å²) >= 11 is 0. The molecule has 0 spiro atoms. The molecule has 1 aliphatic rings. The molecule has 21 heavy (non-hydrogen) atoms. The van der Waals surface area contributed by atoms with E-state index in [4.69, 9.17) is 0 Å². The first-order valence-corrected chi connectivity index (χ1v) is 8.35. The zero-order valence-corrected chi connectivity index (χ0v) is 13.2. The van der Waals surface area contributed by atoms with Crippen molar-refractivity contribution in [2.24, 2.45) is 0 Å². The van der Waals surface area contributed by atoms with Crippen molar-refractivity contribution in [2.75, 3.05) is 0 Å². The van der Waals surface area contributed by atoms with E-state index in [0.29, 0.717) is 19.3 Å². The van der Waals surface area contributed by atoms with Crippen LogP contribution >= 0.6 is 0 Å². The third kappa shape index (κ3) is 5.73. The SMILES string of the molecule is CC(O)CCC1([N+](=O)[O-])CCCCCCCCCCC1=O. The molecule has 0 radical (unpaired) electrons. The molecule has 1 N–H and O–H groups in total. The summed E-state index contributed by atoms with van der Waals surface area (Å²) in [6.07, 6.45) is 8.53. The molecule has 122 valence electrons. The molecular weight excluding hydrogens is 270 g/mol. The minimum absolute atomic E-state index is 0.163. The van der Waals surface area contributed by atoms with E-state index < -0.39 is 11.6 Å². The number of nitro groups is 1. The molecular formula is C16H29NO4. The molecule has 5 nitrogen and oxygen atoms in total. The highest BCUT2D eigenvalue weighted by molar-refractivity contribution is 5.87. The Morgan fingerprint density at radius 2 is 1.67 bits per heavy atom. The van der Waals surface area contributed by atoms with Gasteiger partial charge in [-0.05, 0) is 26.2 Å². The van der Waals surface area contributed by atoms with Crippen molar-refractivity contribution in [3.8, 4) is 0 Å². The molecule has 0 heterocycles. The highest BCUT2D eigenvalue weighted by Gasteiger charge is 2.48. The summed E-state index contributed by atoms with van der Waals surface area (Å²) in [5.74, 6) is -0.228. The lowest BCUT2D eigenvalue weighted by Gasteiger charge is -2.25. The van der Waals surface area contributed by atoms with Crippen LogP contribution in [-0.2, 0) is 4.79 Å². The summed E-state index contributed by atoms with van der Waals surface area (Å²) in [5, 5.41) is 21.1. The third-order valence-corrected chi connectivity index (χ3v) is 4.59. The first-order valence-electron chi connectivity index (χ1n) is 8.35. The van der Waals surface area contributed by atoms with Crippen LogP contribution < -0.4 is 0 Å². The van der Waals surface area contributed by atoms with E-state index in [9.17, 15) is 20.0 Å². The van der Waals surface area contributed by atoms with Crippen LogP contribution in [0, 0.1) is 10.1 Å². The molecule has 1 aliphatic carbocycles. The second-order valence-electron chi connectivity index (χ2n) is 6.43. The number of ketones is 1. The minimum atomic E-state index is -1.46. The Morgan fingerprint density at radius 1 is 1.14 bits per heavy atom. The van der Waals surface area contributed by atoms with Gasteiger partial charge < -0.3 is 5.11 Å². The number of aliphatic hydroxyl groups excluding tert-OH is 1. The van der Waals surface area contributed by atoms with Crippen LogP contribution in [0.15, 0.2) is 0 Å². The van der Waals surface area contributed by atoms with Crippen LogP contribution in [0.25, 0.3) is 0 Å². The van der Waals surface area contributed by atoms with Crippen LogP contribution in [-0.4, -0.2) is 27.5 Å². The Labute approximate surface area is 127 Å². The predicted octanol–water partition coefficient (Wildman–Crippen LogP) is 3.65. The van der Waals surface area contributed by atoms with Gasteiger partial charge in [0.2, 0.25) is 5.78 Å². The maximum atomic E-state index is 12.5. The van der Waals surface area contributed by atoms with E-state index >= 15 is 0 Å². The van der Waals surface area contributed by atoms with Crippen LogP contribution in [0.2, 0.25) is 0 Å². The smallest absolute Gasteiger partial charge is 0.279 e. The van der Waals surface area contributed by atoms with Crippen LogP contribution in [0.1, 0.15) is 84.0 Å². The number of hydrogen-bond acceptors (Lipinski definition) is 4. The number of rotatable bonds is 4. The highest BCUT2D eigenvalue weighted by Crippen LogP contribution is 2.30. The normalized spacial score (nSPS) is 27.4. The fourth-order valence-corrected chi connectivity index (χ4v) is 3.13. The van der Waals surface area contributed by atoms with Gasteiger partial charge in [-0.3, -0.25) is 14.9 Å². The Balaban J connectivity index is 2.82. The summed E-state index contributed by atoms with van der Waals surface area (Å²) in [5.41, 5.74) is -1.46. The zero-order chi connectivity index (χ0) is 15.7. The Bertz CT molecular complexity index is 343. The van der Waals surface area contributed by atoms with Crippen molar-refractivity contribution in [1.82, 2.24) is 0 Å². The Morgan fingerprint density at radius 3 is 2.19 bits per heavy atom. The summed E-state index contributed by atoms with van der Waals surface area (Å²) in [6, 6.07) is 0. The summed E-state index contributed by atoms with van der Waals surface area (Å²) in [6.45, 7) is 1.62. The molecule has 2 unspecified atom stereocenters. The first kappa shape index (κ1) is 18.1. The van der Waals surface area contributed by atoms with Crippen LogP contribution in [0.3, 0.4) is 0 Å². The largest absolute Gasteiger partial charge is 0.393 e. The van der Waals surface area contributed by atoms with Gasteiger partial charge in [-0.25, -0.2) is 0 Å². The summed E-state index contributed by atoms with van der Waals surface area (Å²) < 4.78 is 0. The molecule has 0 aromatic carbocycles. The molecule has 1 rings (SSSR count). The molecule has 0 aromatic heterocycles. The van der Waals surface area contributed by atoms with Gasteiger partial charge in [0.25, 0.3) is 5.54 Å². The maximum Gasteiger partial charge on any atom is 0.279 e. The third-order valence-electron chi connectivity index (χ3n) is 4.59. The average Bonchev–Trinajstić information content (AvgIpc) is 2.41. The number of carbonyl (C=O) groups is 1. The summed E-state index contributed by atoms with van der Waals surface area (Å²) in [4.78, 5) is 23.7. The quantitative estimate of drug-likeness (QED) is 0.634. The van der Waals surface area contributed by atoms with Gasteiger partial charge >= 0.3 is 0 Å². The van der Waals surface area contributed by atoms with E-state index in [1.54, 1.807) is 6.92 Å². The molecule has 0 aliphatic heterocycles. The fourth-order valence-electron chi connectivity index (χ4n) is 3.13. The molecule has 0 bridgehead atoms. The second kappa shape index (κ2) is 9.13. The molecule has 5 heteroatoms. The van der Waals surface area contributed by atoms with Gasteiger partial charge in [-0.2, -0.15) is 0 Å². The molecule has 1 fully saturated rings. The Kier molecular flexibility index (Phi) is 7.86. The van der Waals surface area contributed by atoms with Gasteiger partial charge in [0, 0.05) is 24.2 Å². The lowest BCUT2D eigenvalue weighted by molar-refractivity contribution is -0.555. The van der Waals surface area contributed by atoms with E-state index in [-0.39, 0.29) is 17.1 Å². The minimum Gasteiger partial charge on any atom is -0.393 e. The predicted molar refractivity (Wildman–Crippen MR) is 81.8 cm³/mol. The maximum absolute atomic E-state index is 12.5. The Hall–Kier alpha value is -0.970. The molecule has 0 amide bonds. The van der Waals surface area contributed by atoms with Crippen molar-refractivity contribution in [2.45, 2.75) is 95.6 Å². The van der Waals surface area contributed by atoms with Crippen molar-refractivity contribution in [3.63, 3.8) is 0 Å². The van der Waals surface area contributed by atoms with E-state index in [0.717, 1.165) is 38.5 Å². The van der Waals surface area contributed by atoms with Gasteiger partial charge in [0.05, 0.1) is 6.10 Å². The highest BCUT2D eigenvalue weighted by atomic mass is 16.6. The zero-order valence-electron chi connectivity index (χ0n) is 13.2. The lowest BCUT2D eigenvalue weighted by atomic mass is 9.81. The lowest BCUT2D eigenvalue weighted by Crippen LogP contribution is -2.47. The number of nitrogens with zero attached hydrogens (tertiary/aromatic N) is 1. The second-order valence-corrected chi connectivity index (χ2v) is 6.43. The molecule has 2 atom stereocenters. The van der Waals surface area contributed by atoms with Crippen molar-refractivity contribution in [3.05, 3.63) is 10.1 Å². The van der Waals surface area contributed by atoms with Crippen molar-refractivity contribution < 1.29 is 14.8 Å². The fraction of sp³-hybridized carbons (Fsp3) is 0.938. The monoisotopic (exact) mass is 299 g/mol. The summed E-state index contributed by atoms with van der Waals surface area (Å²) in [7, 11) is 0. The van der Waals surface area contributed by atoms with Gasteiger partial charge in [0.1, 0.15) is 0 Å².